The number of aryl methyl sites for hydroxylation is 1. The highest BCUT2D eigenvalue weighted by molar-refractivity contribution is 5.72. The second kappa shape index (κ2) is 4.41. The SMILES string of the molecule is Cc1cccc(N)c1N(Cc1ccco1)C1CC1. The number of nitrogens with zero attached hydrogens (tertiary/aromatic N) is 1. The van der Waals surface area contributed by atoms with E-state index in [9.17, 15) is 0 Å². The van der Waals surface area contributed by atoms with E-state index in [1.165, 1.54) is 18.4 Å². The van der Waals surface area contributed by atoms with Crippen LogP contribution in [0.3, 0.4) is 0 Å². The van der Waals surface area contributed by atoms with Crippen LogP contribution in [0, 0.1) is 6.92 Å². The minimum atomic E-state index is 0.610. The lowest BCUT2D eigenvalue weighted by molar-refractivity contribution is 0.501. The van der Waals surface area contributed by atoms with Crippen LogP contribution in [-0.4, -0.2) is 6.04 Å². The van der Waals surface area contributed by atoms with Crippen molar-refractivity contribution >= 4 is 11.4 Å². The molecule has 3 heteroatoms. The van der Waals surface area contributed by atoms with E-state index in [0.29, 0.717) is 6.04 Å². The smallest absolute Gasteiger partial charge is 0.123 e. The van der Waals surface area contributed by atoms with E-state index < -0.39 is 0 Å². The Bertz CT molecular complexity index is 509. The summed E-state index contributed by atoms with van der Waals surface area (Å²) in [4.78, 5) is 2.38. The summed E-state index contributed by atoms with van der Waals surface area (Å²) in [5.74, 6) is 0.990. The van der Waals surface area contributed by atoms with Gasteiger partial charge in [-0.3, -0.25) is 0 Å². The van der Waals surface area contributed by atoms with Crippen molar-refractivity contribution in [1.82, 2.24) is 0 Å². The van der Waals surface area contributed by atoms with Gasteiger partial charge in [-0.2, -0.15) is 0 Å². The van der Waals surface area contributed by atoms with E-state index in [1.807, 2.05) is 24.3 Å². The molecule has 94 valence electrons. The quantitative estimate of drug-likeness (QED) is 0.836. The zero-order valence-corrected chi connectivity index (χ0v) is 10.6. The molecule has 1 aromatic carbocycles. The van der Waals surface area contributed by atoms with Gasteiger partial charge in [0, 0.05) is 6.04 Å². The third-order valence-corrected chi connectivity index (χ3v) is 3.45. The fourth-order valence-corrected chi connectivity index (χ4v) is 2.42. The lowest BCUT2D eigenvalue weighted by Gasteiger charge is -2.27. The van der Waals surface area contributed by atoms with Crippen molar-refractivity contribution < 1.29 is 4.42 Å². The minimum absolute atomic E-state index is 0.610. The highest BCUT2D eigenvalue weighted by Gasteiger charge is 2.31. The Morgan fingerprint density at radius 3 is 2.72 bits per heavy atom. The van der Waals surface area contributed by atoms with Crippen molar-refractivity contribution in [2.45, 2.75) is 32.4 Å². The highest BCUT2D eigenvalue weighted by atomic mass is 16.3. The standard InChI is InChI=1S/C15H18N2O/c1-11-4-2-6-14(16)15(11)17(12-7-8-12)10-13-5-3-9-18-13/h2-6,9,12H,7-8,10,16H2,1H3. The van der Waals surface area contributed by atoms with Gasteiger partial charge in [0.1, 0.15) is 5.76 Å². The fraction of sp³-hybridized carbons (Fsp3) is 0.333. The van der Waals surface area contributed by atoms with E-state index in [4.69, 9.17) is 10.2 Å². The molecule has 3 rings (SSSR count). The monoisotopic (exact) mass is 242 g/mol. The number of furan rings is 1. The lowest BCUT2D eigenvalue weighted by Crippen LogP contribution is -2.26. The molecule has 2 aromatic rings. The van der Waals surface area contributed by atoms with Crippen LogP contribution < -0.4 is 10.6 Å². The van der Waals surface area contributed by atoms with Gasteiger partial charge in [-0.1, -0.05) is 12.1 Å². The summed E-state index contributed by atoms with van der Waals surface area (Å²) in [5.41, 5.74) is 9.39. The van der Waals surface area contributed by atoms with Crippen LogP contribution in [0.5, 0.6) is 0 Å². The van der Waals surface area contributed by atoms with Gasteiger partial charge in [-0.15, -0.1) is 0 Å². The first-order valence-electron chi connectivity index (χ1n) is 6.40. The molecule has 1 saturated carbocycles. The van der Waals surface area contributed by atoms with Gasteiger partial charge < -0.3 is 15.1 Å². The first-order valence-corrected chi connectivity index (χ1v) is 6.40. The van der Waals surface area contributed by atoms with Crippen LogP contribution in [0.1, 0.15) is 24.2 Å². The maximum absolute atomic E-state index is 6.14. The number of hydrogen-bond donors (Lipinski definition) is 1. The summed E-state index contributed by atoms with van der Waals surface area (Å²) in [7, 11) is 0. The number of nitrogen functional groups attached to an aromatic ring is 1. The van der Waals surface area contributed by atoms with Crippen molar-refractivity contribution in [2.75, 3.05) is 10.6 Å². The zero-order valence-electron chi connectivity index (χ0n) is 10.6. The van der Waals surface area contributed by atoms with E-state index >= 15 is 0 Å². The molecular formula is C15H18N2O. The zero-order chi connectivity index (χ0) is 12.5. The predicted octanol–water partition coefficient (Wildman–Crippen LogP) is 3.34. The summed E-state index contributed by atoms with van der Waals surface area (Å²) in [5, 5.41) is 0. The number of anilines is 2. The molecule has 0 amide bonds. The Morgan fingerprint density at radius 2 is 2.11 bits per heavy atom. The molecular weight excluding hydrogens is 224 g/mol. The average Bonchev–Trinajstić information content (AvgIpc) is 3.06. The minimum Gasteiger partial charge on any atom is -0.467 e. The Kier molecular flexibility index (Phi) is 2.74. The van der Waals surface area contributed by atoms with E-state index in [2.05, 4.69) is 17.9 Å². The molecule has 3 nitrogen and oxygen atoms in total. The van der Waals surface area contributed by atoms with Crippen LogP contribution in [0.25, 0.3) is 0 Å². The molecule has 0 aliphatic heterocycles. The van der Waals surface area contributed by atoms with Crippen molar-refractivity contribution in [3.05, 3.63) is 47.9 Å². The molecule has 0 unspecified atom stereocenters. The van der Waals surface area contributed by atoms with Crippen LogP contribution in [0.15, 0.2) is 41.0 Å². The van der Waals surface area contributed by atoms with Crippen molar-refractivity contribution in [2.24, 2.45) is 0 Å². The maximum atomic E-state index is 6.14. The Hall–Kier alpha value is -1.90. The number of para-hydroxylation sites is 1. The number of benzene rings is 1. The van der Waals surface area contributed by atoms with Crippen molar-refractivity contribution in [3.63, 3.8) is 0 Å². The molecule has 1 aliphatic carbocycles. The van der Waals surface area contributed by atoms with Crippen molar-refractivity contribution in [3.8, 4) is 0 Å². The summed E-state index contributed by atoms with van der Waals surface area (Å²) in [6, 6.07) is 10.7. The maximum Gasteiger partial charge on any atom is 0.123 e. The largest absolute Gasteiger partial charge is 0.467 e. The molecule has 1 aromatic heterocycles. The summed E-state index contributed by atoms with van der Waals surface area (Å²) in [6.45, 7) is 2.91. The highest BCUT2D eigenvalue weighted by Crippen LogP contribution is 2.37. The molecule has 1 fully saturated rings. The van der Waals surface area contributed by atoms with Gasteiger partial charge in [0.2, 0.25) is 0 Å². The first kappa shape index (κ1) is 11.2. The lowest BCUT2D eigenvalue weighted by atomic mass is 10.1. The normalized spacial score (nSPS) is 14.7. The molecule has 0 saturated heterocycles. The molecule has 0 spiro atoms. The number of hydrogen-bond acceptors (Lipinski definition) is 3. The van der Waals surface area contributed by atoms with Gasteiger partial charge in [0.05, 0.1) is 24.2 Å². The Morgan fingerprint density at radius 1 is 1.28 bits per heavy atom. The molecule has 0 atom stereocenters. The first-order chi connectivity index (χ1) is 8.75. The number of nitrogens with two attached hydrogens (primary N) is 1. The van der Waals surface area contributed by atoms with Crippen LogP contribution in [0.2, 0.25) is 0 Å². The van der Waals surface area contributed by atoms with Gasteiger partial charge in [-0.05, 0) is 43.5 Å². The van der Waals surface area contributed by atoms with E-state index in [1.54, 1.807) is 6.26 Å². The third kappa shape index (κ3) is 2.08. The van der Waals surface area contributed by atoms with Gasteiger partial charge >= 0.3 is 0 Å². The second-order valence-corrected chi connectivity index (χ2v) is 4.95. The summed E-state index contributed by atoms with van der Waals surface area (Å²) < 4.78 is 5.46. The van der Waals surface area contributed by atoms with Gasteiger partial charge in [-0.25, -0.2) is 0 Å². The molecule has 1 heterocycles. The van der Waals surface area contributed by atoms with Crippen LogP contribution in [0.4, 0.5) is 11.4 Å². The van der Waals surface area contributed by atoms with Gasteiger partial charge in [0.25, 0.3) is 0 Å². The molecule has 18 heavy (non-hydrogen) atoms. The summed E-state index contributed by atoms with van der Waals surface area (Å²) in [6.07, 6.45) is 4.21. The predicted molar refractivity (Wildman–Crippen MR) is 73.5 cm³/mol. The third-order valence-electron chi connectivity index (χ3n) is 3.45. The molecule has 0 radical (unpaired) electrons. The summed E-state index contributed by atoms with van der Waals surface area (Å²) >= 11 is 0. The molecule has 2 N–H and O–H groups in total. The topological polar surface area (TPSA) is 42.4 Å². The van der Waals surface area contributed by atoms with Crippen LogP contribution in [-0.2, 0) is 6.54 Å². The Balaban J connectivity index is 1.94. The van der Waals surface area contributed by atoms with E-state index in [-0.39, 0.29) is 0 Å². The second-order valence-electron chi connectivity index (χ2n) is 4.95. The van der Waals surface area contributed by atoms with Crippen LogP contribution >= 0.6 is 0 Å². The van der Waals surface area contributed by atoms with E-state index in [0.717, 1.165) is 23.7 Å². The van der Waals surface area contributed by atoms with Gasteiger partial charge in [0.15, 0.2) is 0 Å². The number of rotatable bonds is 4. The Labute approximate surface area is 107 Å². The average molecular weight is 242 g/mol. The molecule has 1 aliphatic rings. The fourth-order valence-electron chi connectivity index (χ4n) is 2.42. The molecule has 0 bridgehead atoms. The van der Waals surface area contributed by atoms with Crippen molar-refractivity contribution in [1.29, 1.82) is 0 Å².